The largest absolute Gasteiger partial charge is 0.345 e. The van der Waals surface area contributed by atoms with Crippen molar-refractivity contribution in [1.82, 2.24) is 15.2 Å². The standard InChI is InChI=1S/C17H17ClN4O/c1-17(10-15(23)22(2)16(19)21-17)14-9-12(6-7-20-14)11-4-3-5-13(18)8-11/h3-9H,10H2,1-2H3,(H2,19,21). The van der Waals surface area contributed by atoms with E-state index in [0.717, 1.165) is 16.8 Å². The Morgan fingerprint density at radius 2 is 2.04 bits per heavy atom. The van der Waals surface area contributed by atoms with Crippen LogP contribution in [0.2, 0.25) is 5.02 Å². The summed E-state index contributed by atoms with van der Waals surface area (Å²) in [5.41, 5.74) is 1.98. The molecule has 1 saturated heterocycles. The van der Waals surface area contributed by atoms with Crippen LogP contribution in [-0.2, 0) is 10.3 Å². The van der Waals surface area contributed by atoms with E-state index in [1.807, 2.05) is 43.3 Å². The van der Waals surface area contributed by atoms with E-state index in [4.69, 9.17) is 17.0 Å². The lowest BCUT2D eigenvalue weighted by molar-refractivity contribution is -0.129. The van der Waals surface area contributed by atoms with Gasteiger partial charge in [-0.1, -0.05) is 23.7 Å². The molecule has 1 aromatic heterocycles. The molecule has 1 unspecified atom stereocenters. The van der Waals surface area contributed by atoms with Crippen molar-refractivity contribution < 1.29 is 4.79 Å². The van der Waals surface area contributed by atoms with Crippen molar-refractivity contribution in [2.45, 2.75) is 18.9 Å². The number of pyridine rings is 1. The minimum atomic E-state index is -0.699. The summed E-state index contributed by atoms with van der Waals surface area (Å²) in [5.74, 6) is -0.0232. The fraction of sp³-hybridized carbons (Fsp3) is 0.235. The lowest BCUT2D eigenvalue weighted by Gasteiger charge is -2.38. The van der Waals surface area contributed by atoms with Crippen molar-refractivity contribution in [2.75, 3.05) is 7.05 Å². The van der Waals surface area contributed by atoms with E-state index in [1.165, 1.54) is 4.90 Å². The number of rotatable bonds is 2. The van der Waals surface area contributed by atoms with Crippen LogP contribution in [0, 0.1) is 5.41 Å². The summed E-state index contributed by atoms with van der Waals surface area (Å²) < 4.78 is 0. The van der Waals surface area contributed by atoms with E-state index in [0.29, 0.717) is 5.02 Å². The average molecular weight is 329 g/mol. The zero-order chi connectivity index (χ0) is 16.6. The van der Waals surface area contributed by atoms with E-state index >= 15 is 0 Å². The summed E-state index contributed by atoms with van der Waals surface area (Å²) in [6, 6.07) is 11.4. The minimum absolute atomic E-state index is 0.0821. The van der Waals surface area contributed by atoms with Gasteiger partial charge in [-0.2, -0.15) is 0 Å². The van der Waals surface area contributed by atoms with Crippen LogP contribution in [0.3, 0.4) is 0 Å². The molecule has 118 valence electrons. The number of nitrogens with one attached hydrogen (secondary N) is 2. The van der Waals surface area contributed by atoms with Crippen LogP contribution >= 0.6 is 11.6 Å². The van der Waals surface area contributed by atoms with E-state index in [2.05, 4.69) is 10.3 Å². The predicted molar refractivity (Wildman–Crippen MR) is 90.3 cm³/mol. The van der Waals surface area contributed by atoms with E-state index in [9.17, 15) is 4.79 Å². The summed E-state index contributed by atoms with van der Waals surface area (Å²) >= 11 is 6.06. The van der Waals surface area contributed by atoms with Gasteiger partial charge in [0, 0.05) is 18.3 Å². The molecule has 0 bridgehead atoms. The second-order valence-electron chi connectivity index (χ2n) is 5.88. The smallest absolute Gasteiger partial charge is 0.231 e. The summed E-state index contributed by atoms with van der Waals surface area (Å²) in [7, 11) is 1.59. The number of carbonyl (C=O) groups is 1. The zero-order valence-corrected chi connectivity index (χ0v) is 13.7. The van der Waals surface area contributed by atoms with Gasteiger partial charge in [-0.15, -0.1) is 0 Å². The first-order chi connectivity index (χ1) is 10.9. The Balaban J connectivity index is 1.99. The Bertz CT molecular complexity index is 772. The molecule has 1 atom stereocenters. The number of carbonyl (C=O) groups excluding carboxylic acids is 1. The molecule has 3 rings (SSSR count). The van der Waals surface area contributed by atoms with E-state index in [-0.39, 0.29) is 18.3 Å². The Labute approximate surface area is 139 Å². The van der Waals surface area contributed by atoms with Crippen LogP contribution in [0.1, 0.15) is 19.0 Å². The number of aromatic nitrogens is 1. The van der Waals surface area contributed by atoms with Crippen molar-refractivity contribution in [3.05, 3.63) is 53.3 Å². The van der Waals surface area contributed by atoms with Gasteiger partial charge in [0.2, 0.25) is 5.91 Å². The lowest BCUT2D eigenvalue weighted by Crippen LogP contribution is -2.58. The molecule has 5 nitrogen and oxygen atoms in total. The van der Waals surface area contributed by atoms with Crippen LogP contribution in [0.5, 0.6) is 0 Å². The molecular formula is C17H17ClN4O. The molecule has 2 aromatic rings. The maximum absolute atomic E-state index is 12.1. The third kappa shape index (κ3) is 2.92. The number of hydrogen-bond acceptors (Lipinski definition) is 3. The van der Waals surface area contributed by atoms with Crippen molar-refractivity contribution in [1.29, 1.82) is 5.41 Å². The van der Waals surface area contributed by atoms with Gasteiger partial charge in [-0.25, -0.2) is 0 Å². The maximum atomic E-state index is 12.1. The molecule has 6 heteroatoms. The SMILES string of the molecule is CN1C(=N)NC(C)(c2cc(-c3cccc(Cl)c3)ccn2)CC1=O. The number of halogens is 1. The Kier molecular flexibility index (Phi) is 3.82. The van der Waals surface area contributed by atoms with Crippen molar-refractivity contribution in [2.24, 2.45) is 0 Å². The average Bonchev–Trinajstić information content (AvgIpc) is 2.53. The van der Waals surface area contributed by atoms with Gasteiger partial charge in [0.1, 0.15) is 0 Å². The first-order valence-electron chi connectivity index (χ1n) is 7.25. The predicted octanol–water partition coefficient (Wildman–Crippen LogP) is 3.00. The molecule has 2 heterocycles. The second kappa shape index (κ2) is 5.66. The monoisotopic (exact) mass is 328 g/mol. The van der Waals surface area contributed by atoms with Gasteiger partial charge in [-0.3, -0.25) is 20.1 Å². The molecule has 0 saturated carbocycles. The van der Waals surface area contributed by atoms with Crippen molar-refractivity contribution in [3.8, 4) is 11.1 Å². The summed E-state index contributed by atoms with van der Waals surface area (Å²) in [6.07, 6.45) is 1.96. The van der Waals surface area contributed by atoms with Gasteiger partial charge in [0.25, 0.3) is 0 Å². The highest BCUT2D eigenvalue weighted by Crippen LogP contribution is 2.30. The van der Waals surface area contributed by atoms with E-state index in [1.54, 1.807) is 13.2 Å². The zero-order valence-electron chi connectivity index (χ0n) is 12.9. The van der Waals surface area contributed by atoms with Crippen LogP contribution < -0.4 is 5.32 Å². The molecule has 2 N–H and O–H groups in total. The quantitative estimate of drug-likeness (QED) is 0.890. The summed E-state index contributed by atoms with van der Waals surface area (Å²) in [4.78, 5) is 17.8. The van der Waals surface area contributed by atoms with Gasteiger partial charge in [0.05, 0.1) is 17.7 Å². The van der Waals surface area contributed by atoms with Gasteiger partial charge in [-0.05, 0) is 42.3 Å². The Morgan fingerprint density at radius 3 is 2.74 bits per heavy atom. The topological polar surface area (TPSA) is 69.1 Å². The highest BCUT2D eigenvalue weighted by Gasteiger charge is 2.39. The molecule has 1 aliphatic heterocycles. The third-order valence-corrected chi connectivity index (χ3v) is 4.33. The molecule has 23 heavy (non-hydrogen) atoms. The number of guanidine groups is 1. The summed E-state index contributed by atoms with van der Waals surface area (Å²) in [6.45, 7) is 1.89. The maximum Gasteiger partial charge on any atom is 0.231 e. The van der Waals surface area contributed by atoms with Crippen LogP contribution in [-0.4, -0.2) is 28.8 Å². The normalized spacial score (nSPS) is 21.3. The molecular weight excluding hydrogens is 312 g/mol. The molecule has 1 aliphatic rings. The highest BCUT2D eigenvalue weighted by atomic mass is 35.5. The summed E-state index contributed by atoms with van der Waals surface area (Å²) in [5, 5.41) is 11.7. The number of amides is 1. The number of nitrogens with zero attached hydrogens (tertiary/aromatic N) is 2. The molecule has 1 fully saturated rings. The third-order valence-electron chi connectivity index (χ3n) is 4.09. The van der Waals surface area contributed by atoms with Gasteiger partial charge < -0.3 is 5.32 Å². The molecule has 1 amide bonds. The molecule has 1 aromatic carbocycles. The molecule has 0 radical (unpaired) electrons. The van der Waals surface area contributed by atoms with Crippen LogP contribution in [0.4, 0.5) is 0 Å². The van der Waals surface area contributed by atoms with Gasteiger partial charge >= 0.3 is 0 Å². The molecule has 0 aliphatic carbocycles. The van der Waals surface area contributed by atoms with Crippen LogP contribution in [0.15, 0.2) is 42.6 Å². The number of benzene rings is 1. The fourth-order valence-corrected chi connectivity index (χ4v) is 2.86. The second-order valence-corrected chi connectivity index (χ2v) is 6.31. The Hall–Kier alpha value is -2.40. The number of hydrogen-bond donors (Lipinski definition) is 2. The van der Waals surface area contributed by atoms with Crippen LogP contribution in [0.25, 0.3) is 11.1 Å². The first kappa shape index (κ1) is 15.5. The van der Waals surface area contributed by atoms with Gasteiger partial charge in [0.15, 0.2) is 5.96 Å². The first-order valence-corrected chi connectivity index (χ1v) is 7.63. The Morgan fingerprint density at radius 1 is 1.30 bits per heavy atom. The van der Waals surface area contributed by atoms with Crippen molar-refractivity contribution in [3.63, 3.8) is 0 Å². The highest BCUT2D eigenvalue weighted by molar-refractivity contribution is 6.30. The minimum Gasteiger partial charge on any atom is -0.345 e. The van der Waals surface area contributed by atoms with Crippen molar-refractivity contribution >= 4 is 23.5 Å². The van der Waals surface area contributed by atoms with E-state index < -0.39 is 5.54 Å². The lowest BCUT2D eigenvalue weighted by atomic mass is 9.89. The fourth-order valence-electron chi connectivity index (χ4n) is 2.67. The molecule has 0 spiro atoms.